The Morgan fingerprint density at radius 2 is 1.65 bits per heavy atom. The zero-order chi connectivity index (χ0) is 20.6. The number of halogens is 7. The lowest BCUT2D eigenvalue weighted by molar-refractivity contribution is -0.356. The van der Waals surface area contributed by atoms with Gasteiger partial charge in [-0.05, 0) is 12.1 Å². The number of benzene rings is 1. The Labute approximate surface area is 149 Å². The zero-order valence-electron chi connectivity index (χ0n) is 12.4. The Morgan fingerprint density at radius 3 is 2.04 bits per heavy atom. The molecule has 1 aromatic carbocycles. The molecule has 2 radical (unpaired) electrons. The second-order valence-corrected chi connectivity index (χ2v) is 6.82. The number of ether oxygens (including phenoxy) is 1. The van der Waals surface area contributed by atoms with Crippen molar-refractivity contribution < 1.29 is 48.8 Å². The van der Waals surface area contributed by atoms with E-state index in [1.165, 1.54) is 6.07 Å². The van der Waals surface area contributed by atoms with Gasteiger partial charge in [-0.15, -0.1) is 0 Å². The van der Waals surface area contributed by atoms with Gasteiger partial charge in [0.05, 0.1) is 18.4 Å². The molecule has 26 heavy (non-hydrogen) atoms. The van der Waals surface area contributed by atoms with Crippen molar-refractivity contribution in [2.45, 2.75) is 24.3 Å². The lowest BCUT2D eigenvalue weighted by Gasteiger charge is -2.35. The standard InChI is InChI=1S/C12H8BClF6O5S/c13-4-6-1-2-8(14)7(3-6)9(21)25-10(11(15,16)17,12(18,19)20)5-26(22,23)24/h1-3H,4-5H2,(H,22,23,24). The monoisotopic (exact) mass is 424 g/mol. The van der Waals surface area contributed by atoms with E-state index in [2.05, 4.69) is 4.74 Å². The van der Waals surface area contributed by atoms with Crippen LogP contribution in [0, 0.1) is 0 Å². The number of hydrogen-bond acceptors (Lipinski definition) is 4. The van der Waals surface area contributed by atoms with Gasteiger partial charge in [0.15, 0.2) is 0 Å². The summed E-state index contributed by atoms with van der Waals surface area (Å²) in [6.07, 6.45) is -13.1. The number of alkyl halides is 6. The first kappa shape index (κ1) is 22.6. The number of carbonyl (C=O) groups excluding carboxylic acids is 1. The second-order valence-electron chi connectivity index (χ2n) is 4.96. The van der Waals surface area contributed by atoms with Crippen LogP contribution in [0.4, 0.5) is 26.3 Å². The predicted octanol–water partition coefficient (Wildman–Crippen LogP) is 2.92. The molecule has 0 saturated carbocycles. The number of esters is 1. The maximum Gasteiger partial charge on any atom is 0.438 e. The lowest BCUT2D eigenvalue weighted by atomic mass is 9.95. The molecule has 144 valence electrons. The minimum atomic E-state index is -6.42. The van der Waals surface area contributed by atoms with Crippen molar-refractivity contribution in [1.82, 2.24) is 0 Å². The molecule has 0 aromatic heterocycles. The number of rotatable bonds is 5. The third-order valence-corrected chi connectivity index (χ3v) is 4.16. The van der Waals surface area contributed by atoms with Gasteiger partial charge in [0.1, 0.15) is 5.75 Å². The van der Waals surface area contributed by atoms with Crippen LogP contribution in [-0.2, 0) is 21.2 Å². The second kappa shape index (κ2) is 7.27. The Hall–Kier alpha value is -1.47. The van der Waals surface area contributed by atoms with Crippen LogP contribution in [0.25, 0.3) is 0 Å². The Bertz CT molecular complexity index is 778. The SMILES string of the molecule is [B]Cc1ccc(Cl)c(C(=O)OC(CS(=O)(=O)O)(C(F)(F)F)C(F)(F)F)c1. The normalized spacial score (nSPS) is 13.5. The average molecular weight is 425 g/mol. The molecule has 0 unspecified atom stereocenters. The molecule has 0 spiro atoms. The summed E-state index contributed by atoms with van der Waals surface area (Å²) in [5, 5.41) is -0.558. The summed E-state index contributed by atoms with van der Waals surface area (Å²) in [7, 11) is -0.619. The maximum atomic E-state index is 13.1. The lowest BCUT2D eigenvalue weighted by Crippen LogP contribution is -2.63. The van der Waals surface area contributed by atoms with E-state index in [1.54, 1.807) is 0 Å². The first-order valence-electron chi connectivity index (χ1n) is 6.34. The molecular formula is C12H8BClF6O5S. The number of hydrogen-bond donors (Lipinski definition) is 1. The van der Waals surface area contributed by atoms with Crippen molar-refractivity contribution >= 4 is 35.5 Å². The molecule has 0 aliphatic heterocycles. The van der Waals surface area contributed by atoms with Crippen LogP contribution in [0.3, 0.4) is 0 Å². The molecule has 14 heteroatoms. The molecule has 0 fully saturated rings. The third kappa shape index (κ3) is 4.83. The zero-order valence-corrected chi connectivity index (χ0v) is 13.9. The van der Waals surface area contributed by atoms with Gasteiger partial charge < -0.3 is 4.74 Å². The maximum absolute atomic E-state index is 13.1. The quantitative estimate of drug-likeness (QED) is 0.340. The molecule has 1 N–H and O–H groups in total. The van der Waals surface area contributed by atoms with E-state index in [9.17, 15) is 39.6 Å². The molecule has 0 atom stereocenters. The van der Waals surface area contributed by atoms with Crippen LogP contribution in [0.5, 0.6) is 0 Å². The fraction of sp³-hybridized carbons (Fsp3) is 0.417. The van der Waals surface area contributed by atoms with E-state index in [-0.39, 0.29) is 11.9 Å². The molecule has 0 saturated heterocycles. The molecule has 0 amide bonds. The molecule has 5 nitrogen and oxygen atoms in total. The molecule has 0 aliphatic rings. The van der Waals surface area contributed by atoms with Crippen LogP contribution in [0.15, 0.2) is 18.2 Å². The Morgan fingerprint density at radius 1 is 1.15 bits per heavy atom. The van der Waals surface area contributed by atoms with Crippen LogP contribution in [-0.4, -0.2) is 50.5 Å². The van der Waals surface area contributed by atoms with E-state index >= 15 is 0 Å². The van der Waals surface area contributed by atoms with Gasteiger partial charge >= 0.3 is 23.9 Å². The first-order chi connectivity index (χ1) is 11.5. The fourth-order valence-electron chi connectivity index (χ4n) is 1.80. The molecule has 0 bridgehead atoms. The van der Waals surface area contributed by atoms with Crippen LogP contribution >= 0.6 is 11.6 Å². The Kier molecular flexibility index (Phi) is 6.32. The van der Waals surface area contributed by atoms with Crippen LogP contribution < -0.4 is 0 Å². The van der Waals surface area contributed by atoms with Crippen molar-refractivity contribution in [3.63, 3.8) is 0 Å². The summed E-state index contributed by atoms with van der Waals surface area (Å²) in [6, 6.07) is 3.01. The first-order valence-corrected chi connectivity index (χ1v) is 8.33. The van der Waals surface area contributed by atoms with Crippen molar-refractivity contribution in [3.05, 3.63) is 34.3 Å². The summed E-state index contributed by atoms with van der Waals surface area (Å²) in [5.41, 5.74) is -6.28. The summed E-state index contributed by atoms with van der Waals surface area (Å²) in [5.74, 6) is -5.18. The van der Waals surface area contributed by atoms with Gasteiger partial charge in [0.25, 0.3) is 10.1 Å². The average Bonchev–Trinajstić information content (AvgIpc) is 2.43. The van der Waals surface area contributed by atoms with Crippen molar-refractivity contribution in [2.75, 3.05) is 5.75 Å². The minimum Gasteiger partial charge on any atom is -0.435 e. The van der Waals surface area contributed by atoms with Crippen molar-refractivity contribution in [1.29, 1.82) is 0 Å². The largest absolute Gasteiger partial charge is 0.438 e. The highest BCUT2D eigenvalue weighted by Gasteiger charge is 2.76. The number of carbonyl (C=O) groups is 1. The predicted molar refractivity (Wildman–Crippen MR) is 77.6 cm³/mol. The molecule has 0 aliphatic carbocycles. The summed E-state index contributed by atoms with van der Waals surface area (Å²) in [6.45, 7) is 0. The van der Waals surface area contributed by atoms with Gasteiger partial charge in [0.2, 0.25) is 0 Å². The van der Waals surface area contributed by atoms with Gasteiger partial charge in [-0.3, -0.25) is 4.55 Å². The van der Waals surface area contributed by atoms with E-state index in [0.717, 1.165) is 12.1 Å². The van der Waals surface area contributed by atoms with E-state index in [0.29, 0.717) is 0 Å². The fourth-order valence-corrected chi connectivity index (χ4v) is 2.89. The topological polar surface area (TPSA) is 80.7 Å². The summed E-state index contributed by atoms with van der Waals surface area (Å²) in [4.78, 5) is 11.9. The van der Waals surface area contributed by atoms with Crippen molar-refractivity contribution in [3.8, 4) is 0 Å². The van der Waals surface area contributed by atoms with E-state index < -0.39 is 50.4 Å². The molecule has 1 aromatic rings. The van der Waals surface area contributed by atoms with Crippen LogP contribution in [0.2, 0.25) is 5.02 Å². The van der Waals surface area contributed by atoms with Gasteiger partial charge in [-0.2, -0.15) is 34.8 Å². The summed E-state index contributed by atoms with van der Waals surface area (Å²) >= 11 is 5.57. The van der Waals surface area contributed by atoms with E-state index in [4.69, 9.17) is 24.0 Å². The molecule has 0 heterocycles. The Balaban J connectivity index is 3.53. The van der Waals surface area contributed by atoms with Crippen molar-refractivity contribution in [2.24, 2.45) is 0 Å². The smallest absolute Gasteiger partial charge is 0.435 e. The highest BCUT2D eigenvalue weighted by Crippen LogP contribution is 2.47. The van der Waals surface area contributed by atoms with E-state index in [1.807, 2.05) is 0 Å². The van der Waals surface area contributed by atoms with Crippen LogP contribution in [0.1, 0.15) is 15.9 Å². The minimum absolute atomic E-state index is 0.126. The highest BCUT2D eigenvalue weighted by atomic mass is 35.5. The van der Waals surface area contributed by atoms with Gasteiger partial charge in [-0.1, -0.05) is 29.6 Å². The summed E-state index contributed by atoms with van der Waals surface area (Å²) < 4.78 is 112. The highest BCUT2D eigenvalue weighted by molar-refractivity contribution is 7.85. The molecule has 1 rings (SSSR count). The van der Waals surface area contributed by atoms with Gasteiger partial charge in [-0.25, -0.2) is 4.79 Å². The third-order valence-electron chi connectivity index (χ3n) is 3.05. The molecular weight excluding hydrogens is 416 g/mol. The van der Waals surface area contributed by atoms with Gasteiger partial charge in [0, 0.05) is 0 Å².